The number of carbonyl (C=O) groups is 1. The number of likely N-dealkylation sites (tertiary alicyclic amines) is 1. The van der Waals surface area contributed by atoms with Crippen molar-refractivity contribution in [1.29, 1.82) is 0 Å². The molecule has 0 bridgehead atoms. The lowest BCUT2D eigenvalue weighted by molar-refractivity contribution is 0.0690. The third-order valence-corrected chi connectivity index (χ3v) is 4.97. The Labute approximate surface area is 155 Å². The molecule has 1 fully saturated rings. The Hall–Kier alpha value is -2.34. The first-order chi connectivity index (χ1) is 12.7. The summed E-state index contributed by atoms with van der Waals surface area (Å²) in [5, 5.41) is 7.76. The minimum absolute atomic E-state index is 0.0906. The number of amides is 1. The van der Waals surface area contributed by atoms with E-state index >= 15 is 0 Å². The van der Waals surface area contributed by atoms with Gasteiger partial charge in [-0.05, 0) is 49.5 Å². The van der Waals surface area contributed by atoms with Crippen molar-refractivity contribution in [2.45, 2.75) is 26.3 Å². The number of hydrogen-bond donors (Lipinski definition) is 1. The van der Waals surface area contributed by atoms with Crippen LogP contribution in [-0.4, -0.2) is 53.9 Å². The van der Waals surface area contributed by atoms with E-state index in [-0.39, 0.29) is 5.91 Å². The average molecular weight is 356 g/mol. The summed E-state index contributed by atoms with van der Waals surface area (Å²) in [5.74, 6) is 1.60. The van der Waals surface area contributed by atoms with Gasteiger partial charge in [-0.25, -0.2) is 0 Å². The highest BCUT2D eigenvalue weighted by atomic mass is 16.5. The van der Waals surface area contributed by atoms with Gasteiger partial charge in [0.1, 0.15) is 5.75 Å². The molecule has 2 aromatic rings. The van der Waals surface area contributed by atoms with Crippen molar-refractivity contribution < 1.29 is 9.53 Å². The summed E-state index contributed by atoms with van der Waals surface area (Å²) in [7, 11) is 1.66. The van der Waals surface area contributed by atoms with E-state index in [4.69, 9.17) is 4.74 Å². The van der Waals surface area contributed by atoms with Gasteiger partial charge in [0.2, 0.25) is 0 Å². The van der Waals surface area contributed by atoms with E-state index in [1.54, 1.807) is 13.3 Å². The van der Waals surface area contributed by atoms with Crippen molar-refractivity contribution in [2.75, 3.05) is 33.3 Å². The first kappa shape index (κ1) is 18.5. The highest BCUT2D eigenvalue weighted by Gasteiger charge is 2.24. The van der Waals surface area contributed by atoms with E-state index in [0.717, 1.165) is 50.3 Å². The molecule has 1 aliphatic heterocycles. The van der Waals surface area contributed by atoms with Crippen LogP contribution in [0.15, 0.2) is 36.7 Å². The maximum atomic E-state index is 12.7. The van der Waals surface area contributed by atoms with E-state index in [1.807, 2.05) is 40.0 Å². The molecule has 6 nitrogen and oxygen atoms in total. The Kier molecular flexibility index (Phi) is 6.28. The molecule has 0 radical (unpaired) electrons. The van der Waals surface area contributed by atoms with E-state index in [9.17, 15) is 4.79 Å². The number of benzene rings is 1. The molecule has 1 aromatic carbocycles. The fourth-order valence-electron chi connectivity index (χ4n) is 3.35. The van der Waals surface area contributed by atoms with E-state index in [0.29, 0.717) is 18.0 Å². The van der Waals surface area contributed by atoms with Crippen molar-refractivity contribution >= 4 is 5.91 Å². The van der Waals surface area contributed by atoms with Gasteiger partial charge < -0.3 is 15.0 Å². The van der Waals surface area contributed by atoms with Gasteiger partial charge in [-0.2, -0.15) is 5.10 Å². The van der Waals surface area contributed by atoms with Crippen molar-refractivity contribution in [1.82, 2.24) is 20.0 Å². The number of methoxy groups -OCH3 is 1. The highest BCUT2D eigenvalue weighted by Crippen LogP contribution is 2.19. The molecule has 1 aliphatic rings. The Bertz CT molecular complexity index is 703. The Morgan fingerprint density at radius 2 is 2.00 bits per heavy atom. The van der Waals surface area contributed by atoms with Crippen LogP contribution < -0.4 is 10.1 Å². The zero-order chi connectivity index (χ0) is 18.4. The number of carbonyl (C=O) groups excluding carboxylic acids is 1. The van der Waals surface area contributed by atoms with Crippen LogP contribution in [0.4, 0.5) is 0 Å². The number of nitrogens with zero attached hydrogens (tertiary/aromatic N) is 3. The first-order valence-electron chi connectivity index (χ1n) is 9.35. The second kappa shape index (κ2) is 8.85. The number of rotatable bonds is 7. The molecule has 2 heterocycles. The summed E-state index contributed by atoms with van der Waals surface area (Å²) in [6.07, 6.45) is 5.66. The molecule has 1 aromatic heterocycles. The molecule has 0 aliphatic carbocycles. The third-order valence-electron chi connectivity index (χ3n) is 4.97. The zero-order valence-electron chi connectivity index (χ0n) is 15.6. The fraction of sp³-hybridized carbons (Fsp3) is 0.500. The van der Waals surface area contributed by atoms with Gasteiger partial charge in [0.15, 0.2) is 0 Å². The molecule has 0 unspecified atom stereocenters. The lowest BCUT2D eigenvalue weighted by Gasteiger charge is -2.31. The summed E-state index contributed by atoms with van der Waals surface area (Å²) < 4.78 is 6.99. The second-order valence-corrected chi connectivity index (χ2v) is 6.82. The number of piperidine rings is 1. The summed E-state index contributed by atoms with van der Waals surface area (Å²) in [4.78, 5) is 14.7. The predicted molar refractivity (Wildman–Crippen MR) is 101 cm³/mol. The number of hydrogen-bond acceptors (Lipinski definition) is 4. The lowest BCUT2D eigenvalue weighted by Crippen LogP contribution is -2.40. The van der Waals surface area contributed by atoms with Crippen LogP contribution in [0.2, 0.25) is 0 Å². The Morgan fingerprint density at radius 3 is 2.65 bits per heavy atom. The Balaban J connectivity index is 1.54. The van der Waals surface area contributed by atoms with Crippen molar-refractivity contribution in [3.63, 3.8) is 0 Å². The van der Waals surface area contributed by atoms with Crippen LogP contribution >= 0.6 is 0 Å². The fourth-order valence-corrected chi connectivity index (χ4v) is 3.35. The molecule has 0 atom stereocenters. The maximum absolute atomic E-state index is 12.7. The average Bonchev–Trinajstić information content (AvgIpc) is 3.15. The number of ether oxygens (including phenoxy) is 1. The second-order valence-electron chi connectivity index (χ2n) is 6.82. The molecular formula is C20H28N4O2. The smallest absolute Gasteiger partial charge is 0.257 e. The molecule has 6 heteroatoms. The van der Waals surface area contributed by atoms with Gasteiger partial charge in [0.05, 0.1) is 25.4 Å². The molecule has 26 heavy (non-hydrogen) atoms. The van der Waals surface area contributed by atoms with E-state index in [2.05, 4.69) is 17.3 Å². The Morgan fingerprint density at radius 1 is 1.27 bits per heavy atom. The van der Waals surface area contributed by atoms with Crippen LogP contribution in [-0.2, 0) is 6.54 Å². The first-order valence-corrected chi connectivity index (χ1v) is 9.35. The largest absolute Gasteiger partial charge is 0.497 e. The molecule has 0 spiro atoms. The van der Waals surface area contributed by atoms with Crippen LogP contribution in [0.25, 0.3) is 0 Å². The number of aromatic nitrogens is 2. The summed E-state index contributed by atoms with van der Waals surface area (Å²) in [6.45, 7) is 6.49. The van der Waals surface area contributed by atoms with Gasteiger partial charge in [0.25, 0.3) is 5.91 Å². The molecule has 1 amide bonds. The molecule has 1 N–H and O–H groups in total. The summed E-state index contributed by atoms with van der Waals surface area (Å²) in [5.41, 5.74) is 1.79. The molecule has 0 saturated carbocycles. The van der Waals surface area contributed by atoms with Gasteiger partial charge >= 0.3 is 0 Å². The lowest BCUT2D eigenvalue weighted by atomic mass is 9.96. The number of nitrogens with one attached hydrogen (secondary N) is 1. The SMILES string of the molecule is CCNCC1CCN(C(=O)c2cnn(Cc3ccc(OC)cc3)c2)CC1. The van der Waals surface area contributed by atoms with Gasteiger partial charge in [0, 0.05) is 19.3 Å². The minimum Gasteiger partial charge on any atom is -0.497 e. The van der Waals surface area contributed by atoms with E-state index in [1.165, 1.54) is 0 Å². The van der Waals surface area contributed by atoms with Crippen LogP contribution in [0.5, 0.6) is 5.75 Å². The highest BCUT2D eigenvalue weighted by molar-refractivity contribution is 5.93. The zero-order valence-corrected chi connectivity index (χ0v) is 15.6. The molecule has 140 valence electrons. The van der Waals surface area contributed by atoms with Crippen molar-refractivity contribution in [2.24, 2.45) is 5.92 Å². The molecule has 1 saturated heterocycles. The van der Waals surface area contributed by atoms with Crippen LogP contribution in [0, 0.1) is 5.92 Å². The molecule has 3 rings (SSSR count). The van der Waals surface area contributed by atoms with Crippen LogP contribution in [0.1, 0.15) is 35.7 Å². The normalized spacial score (nSPS) is 15.2. The van der Waals surface area contributed by atoms with Gasteiger partial charge in [-0.15, -0.1) is 0 Å². The quantitative estimate of drug-likeness (QED) is 0.828. The van der Waals surface area contributed by atoms with Crippen molar-refractivity contribution in [3.8, 4) is 5.75 Å². The van der Waals surface area contributed by atoms with Gasteiger partial charge in [-0.3, -0.25) is 9.48 Å². The molecular weight excluding hydrogens is 328 g/mol. The third kappa shape index (κ3) is 4.64. The summed E-state index contributed by atoms with van der Waals surface area (Å²) in [6, 6.07) is 7.89. The minimum atomic E-state index is 0.0906. The van der Waals surface area contributed by atoms with Crippen molar-refractivity contribution in [3.05, 3.63) is 47.8 Å². The predicted octanol–water partition coefficient (Wildman–Crippen LogP) is 2.40. The topological polar surface area (TPSA) is 59.4 Å². The van der Waals surface area contributed by atoms with E-state index < -0.39 is 0 Å². The maximum Gasteiger partial charge on any atom is 0.257 e. The standard InChI is InChI=1S/C20H28N4O2/c1-3-21-12-16-8-10-23(11-9-16)20(25)18-13-22-24(15-18)14-17-4-6-19(26-2)7-5-17/h4-7,13,15-16,21H,3,8-12,14H2,1-2H3. The van der Waals surface area contributed by atoms with Crippen LogP contribution in [0.3, 0.4) is 0 Å². The summed E-state index contributed by atoms with van der Waals surface area (Å²) >= 11 is 0. The van der Waals surface area contributed by atoms with Gasteiger partial charge in [-0.1, -0.05) is 19.1 Å². The monoisotopic (exact) mass is 356 g/mol.